The number of halogens is 1. The van der Waals surface area contributed by atoms with Crippen molar-refractivity contribution in [2.45, 2.75) is 64.0 Å². The zero-order valence-electron chi connectivity index (χ0n) is 14.7. The van der Waals surface area contributed by atoms with Crippen molar-refractivity contribution in [2.75, 3.05) is 26.2 Å². The summed E-state index contributed by atoms with van der Waals surface area (Å²) in [5.41, 5.74) is -0.417. The molecule has 2 aliphatic heterocycles. The average molecular weight is 360 g/mol. The molecule has 1 spiro atoms. The van der Waals surface area contributed by atoms with Gasteiger partial charge < -0.3 is 20.3 Å². The Labute approximate surface area is 150 Å². The van der Waals surface area contributed by atoms with E-state index in [1.54, 1.807) is 0 Å². The van der Waals surface area contributed by atoms with Crippen molar-refractivity contribution in [3.8, 4) is 0 Å². The van der Waals surface area contributed by atoms with E-state index in [9.17, 15) is 9.59 Å². The number of rotatable bonds is 3. The number of carbonyl (C=O) groups is 2. The normalized spacial score (nSPS) is 32.2. The molecule has 0 aromatic heterocycles. The lowest BCUT2D eigenvalue weighted by atomic mass is 9.73. The van der Waals surface area contributed by atoms with Gasteiger partial charge in [-0.3, -0.25) is 4.79 Å². The molecule has 3 aliphatic rings. The Kier molecular flexibility index (Phi) is 6.02. The van der Waals surface area contributed by atoms with E-state index < -0.39 is 0 Å². The van der Waals surface area contributed by atoms with Crippen LogP contribution in [0.2, 0.25) is 0 Å². The summed E-state index contributed by atoms with van der Waals surface area (Å²) in [6, 6.07) is 0.336. The standard InChI is InChI=1S/C17H29N3O3.ClH/c1-3-23-14(21)16(2)6-4-13(5-7-16)20-12-17(19-15(20)22)8-10-18-11-9-17;/h13,18H,3-12H2,1-2H3,(H,19,22);1H. The van der Waals surface area contributed by atoms with Crippen molar-refractivity contribution >= 4 is 24.4 Å². The fourth-order valence-electron chi connectivity index (χ4n) is 4.28. The number of carbonyl (C=O) groups excluding carboxylic acids is 2. The number of ether oxygens (including phenoxy) is 1. The molecule has 0 unspecified atom stereocenters. The largest absolute Gasteiger partial charge is 0.466 e. The molecule has 2 amide bonds. The minimum Gasteiger partial charge on any atom is -0.466 e. The molecule has 1 saturated carbocycles. The van der Waals surface area contributed by atoms with Gasteiger partial charge >= 0.3 is 12.0 Å². The topological polar surface area (TPSA) is 70.7 Å². The van der Waals surface area contributed by atoms with Gasteiger partial charge in [-0.15, -0.1) is 12.4 Å². The minimum atomic E-state index is -0.380. The molecule has 6 nitrogen and oxygen atoms in total. The van der Waals surface area contributed by atoms with Crippen LogP contribution in [0, 0.1) is 5.41 Å². The number of esters is 1. The molecule has 0 bridgehead atoms. The summed E-state index contributed by atoms with van der Waals surface area (Å²) in [6.07, 6.45) is 5.38. The zero-order chi connectivity index (χ0) is 16.5. The first kappa shape index (κ1) is 19.3. The maximum atomic E-state index is 12.4. The summed E-state index contributed by atoms with van der Waals surface area (Å²) in [5.74, 6) is -0.0841. The highest BCUT2D eigenvalue weighted by molar-refractivity contribution is 5.85. The van der Waals surface area contributed by atoms with Crippen LogP contribution >= 0.6 is 12.4 Å². The number of nitrogens with zero attached hydrogens (tertiary/aromatic N) is 1. The molecule has 24 heavy (non-hydrogen) atoms. The molecule has 2 heterocycles. The average Bonchev–Trinajstić information content (AvgIpc) is 2.85. The number of amides is 2. The van der Waals surface area contributed by atoms with E-state index in [2.05, 4.69) is 10.6 Å². The van der Waals surface area contributed by atoms with Gasteiger partial charge in [0.2, 0.25) is 0 Å². The molecule has 3 rings (SSSR count). The molecule has 3 fully saturated rings. The highest BCUT2D eigenvalue weighted by Gasteiger charge is 2.47. The van der Waals surface area contributed by atoms with Crippen molar-refractivity contribution in [2.24, 2.45) is 5.41 Å². The number of urea groups is 1. The van der Waals surface area contributed by atoms with Crippen LogP contribution in [0.1, 0.15) is 52.4 Å². The van der Waals surface area contributed by atoms with Crippen molar-refractivity contribution in [3.05, 3.63) is 0 Å². The molecular weight excluding hydrogens is 330 g/mol. The molecule has 7 heteroatoms. The lowest BCUT2D eigenvalue weighted by molar-refractivity contribution is -0.156. The van der Waals surface area contributed by atoms with Crippen LogP contribution in [0.3, 0.4) is 0 Å². The molecule has 0 aromatic rings. The molecule has 0 aromatic carbocycles. The fourth-order valence-corrected chi connectivity index (χ4v) is 4.28. The summed E-state index contributed by atoms with van der Waals surface area (Å²) in [4.78, 5) is 26.6. The fraction of sp³-hybridized carbons (Fsp3) is 0.882. The molecule has 0 radical (unpaired) electrons. The summed E-state index contributed by atoms with van der Waals surface area (Å²) >= 11 is 0. The third-order valence-electron chi connectivity index (χ3n) is 5.93. The van der Waals surface area contributed by atoms with Gasteiger partial charge in [0.25, 0.3) is 0 Å². The lowest BCUT2D eigenvalue weighted by Crippen LogP contribution is -2.51. The van der Waals surface area contributed by atoms with Crippen LogP contribution < -0.4 is 10.6 Å². The molecule has 2 N–H and O–H groups in total. The Bertz CT molecular complexity index is 472. The first-order valence-electron chi connectivity index (χ1n) is 8.95. The van der Waals surface area contributed by atoms with Gasteiger partial charge in [0, 0.05) is 12.6 Å². The second-order valence-corrected chi connectivity index (χ2v) is 7.60. The molecule has 2 saturated heterocycles. The van der Waals surface area contributed by atoms with Crippen molar-refractivity contribution < 1.29 is 14.3 Å². The Morgan fingerprint density at radius 1 is 1.25 bits per heavy atom. The maximum absolute atomic E-state index is 12.4. The Balaban J connectivity index is 0.00000208. The van der Waals surface area contributed by atoms with Gasteiger partial charge in [0.05, 0.1) is 17.6 Å². The smallest absolute Gasteiger partial charge is 0.318 e. The third kappa shape index (κ3) is 3.64. The van der Waals surface area contributed by atoms with Crippen molar-refractivity contribution in [1.29, 1.82) is 0 Å². The number of nitrogens with one attached hydrogen (secondary N) is 2. The molecular formula is C17H30ClN3O3. The maximum Gasteiger partial charge on any atom is 0.318 e. The molecule has 138 valence electrons. The van der Waals surface area contributed by atoms with Crippen LogP contribution in [-0.4, -0.2) is 54.7 Å². The first-order chi connectivity index (χ1) is 11.0. The van der Waals surface area contributed by atoms with E-state index in [1.165, 1.54) is 0 Å². The Morgan fingerprint density at radius 2 is 1.88 bits per heavy atom. The summed E-state index contributed by atoms with van der Waals surface area (Å²) in [5, 5.41) is 6.59. The van der Waals surface area contributed by atoms with Crippen molar-refractivity contribution in [3.63, 3.8) is 0 Å². The van der Waals surface area contributed by atoms with E-state index in [-0.39, 0.29) is 41.4 Å². The van der Waals surface area contributed by atoms with Crippen LogP contribution in [-0.2, 0) is 9.53 Å². The zero-order valence-corrected chi connectivity index (χ0v) is 15.5. The second-order valence-electron chi connectivity index (χ2n) is 7.60. The van der Waals surface area contributed by atoms with E-state index >= 15 is 0 Å². The highest BCUT2D eigenvalue weighted by Crippen LogP contribution is 2.40. The minimum absolute atomic E-state index is 0. The third-order valence-corrected chi connectivity index (χ3v) is 5.93. The van der Waals surface area contributed by atoms with Crippen LogP contribution in [0.25, 0.3) is 0 Å². The lowest BCUT2D eigenvalue weighted by Gasteiger charge is -2.39. The molecule has 1 aliphatic carbocycles. The van der Waals surface area contributed by atoms with Gasteiger partial charge in [-0.25, -0.2) is 4.79 Å². The summed E-state index contributed by atoms with van der Waals surface area (Å²) < 4.78 is 5.22. The van der Waals surface area contributed by atoms with Gasteiger partial charge in [0.1, 0.15) is 0 Å². The predicted octanol–water partition coefficient (Wildman–Crippen LogP) is 2.07. The number of hydrogen-bond donors (Lipinski definition) is 2. The SMILES string of the molecule is CCOC(=O)C1(C)CCC(N2CC3(CCNCC3)NC2=O)CC1.Cl. The van der Waals surface area contributed by atoms with Gasteiger partial charge in [-0.2, -0.15) is 0 Å². The number of hydrogen-bond acceptors (Lipinski definition) is 4. The van der Waals surface area contributed by atoms with Gasteiger partial charge in [-0.1, -0.05) is 0 Å². The first-order valence-corrected chi connectivity index (χ1v) is 8.95. The summed E-state index contributed by atoms with van der Waals surface area (Å²) in [6.45, 7) is 7.04. The van der Waals surface area contributed by atoms with Crippen LogP contribution in [0.5, 0.6) is 0 Å². The number of piperidine rings is 1. The Morgan fingerprint density at radius 3 is 2.46 bits per heavy atom. The van der Waals surface area contributed by atoms with E-state index in [0.29, 0.717) is 6.61 Å². The van der Waals surface area contributed by atoms with Gasteiger partial charge in [-0.05, 0) is 65.5 Å². The molecule has 0 atom stereocenters. The van der Waals surface area contributed by atoms with E-state index in [4.69, 9.17) is 4.74 Å². The quantitative estimate of drug-likeness (QED) is 0.757. The second kappa shape index (κ2) is 7.48. The van der Waals surface area contributed by atoms with Gasteiger partial charge in [0.15, 0.2) is 0 Å². The Hall–Kier alpha value is -1.01. The van der Waals surface area contributed by atoms with Crippen molar-refractivity contribution in [1.82, 2.24) is 15.5 Å². The van der Waals surface area contributed by atoms with E-state index in [1.807, 2.05) is 18.7 Å². The predicted molar refractivity (Wildman–Crippen MR) is 94.3 cm³/mol. The highest BCUT2D eigenvalue weighted by atomic mass is 35.5. The van der Waals surface area contributed by atoms with Crippen LogP contribution in [0.15, 0.2) is 0 Å². The van der Waals surface area contributed by atoms with E-state index in [0.717, 1.165) is 58.2 Å². The summed E-state index contributed by atoms with van der Waals surface area (Å²) in [7, 11) is 0. The van der Waals surface area contributed by atoms with Crippen LogP contribution in [0.4, 0.5) is 4.79 Å². The monoisotopic (exact) mass is 359 g/mol.